The second kappa shape index (κ2) is 8.22. The summed E-state index contributed by atoms with van der Waals surface area (Å²) in [7, 11) is -2.04. The Balaban J connectivity index is 1.67. The van der Waals surface area contributed by atoms with Gasteiger partial charge in [0.15, 0.2) is 0 Å². The third-order valence-electron chi connectivity index (χ3n) is 5.90. The third-order valence-corrected chi connectivity index (χ3v) is 10.2. The van der Waals surface area contributed by atoms with Gasteiger partial charge in [-0.25, -0.2) is 4.39 Å². The van der Waals surface area contributed by atoms with Gasteiger partial charge in [0.1, 0.15) is 11.6 Å². The summed E-state index contributed by atoms with van der Waals surface area (Å²) < 4.78 is 20.3. The number of fused-ring (bicyclic) bond motifs is 1. The summed E-state index contributed by atoms with van der Waals surface area (Å²) in [5.41, 5.74) is 2.25. The third kappa shape index (κ3) is 4.56. The van der Waals surface area contributed by atoms with Gasteiger partial charge >= 0.3 is 0 Å². The van der Waals surface area contributed by atoms with Crippen molar-refractivity contribution in [1.82, 2.24) is 5.32 Å². The first-order valence-corrected chi connectivity index (χ1v) is 13.1. The van der Waals surface area contributed by atoms with Gasteiger partial charge in [-0.05, 0) is 66.9 Å². The van der Waals surface area contributed by atoms with Gasteiger partial charge in [0.05, 0.1) is 11.1 Å². The van der Waals surface area contributed by atoms with Crippen molar-refractivity contribution in [2.24, 2.45) is 0 Å². The maximum atomic E-state index is 13.9. The van der Waals surface area contributed by atoms with Gasteiger partial charge in [-0.2, -0.15) is 0 Å². The van der Waals surface area contributed by atoms with Gasteiger partial charge in [0.25, 0.3) is 11.8 Å². The molecule has 0 spiro atoms. The van der Waals surface area contributed by atoms with E-state index < -0.39 is 8.32 Å². The summed E-state index contributed by atoms with van der Waals surface area (Å²) in [6.45, 7) is 11.4. The minimum Gasteiger partial charge on any atom is -0.543 e. The molecule has 0 unspecified atom stereocenters. The number of amides is 2. The summed E-state index contributed by atoms with van der Waals surface area (Å²) >= 11 is 0. The minimum atomic E-state index is -2.04. The average Bonchev–Trinajstić information content (AvgIpc) is 2.94. The Morgan fingerprint density at radius 1 is 1.10 bits per heavy atom. The van der Waals surface area contributed by atoms with E-state index >= 15 is 0 Å². The van der Waals surface area contributed by atoms with E-state index in [0.29, 0.717) is 29.8 Å². The SMILES string of the molecule is CC(C)(C)[Si](C)(C)Oc1ccc(F)cc1CCCNc1cccc2c1C(=O)NC2=O. The lowest BCUT2D eigenvalue weighted by atomic mass is 10.1. The first kappa shape index (κ1) is 22.0. The molecule has 0 saturated heterocycles. The molecule has 0 aliphatic carbocycles. The van der Waals surface area contributed by atoms with Gasteiger partial charge in [0, 0.05) is 12.2 Å². The van der Waals surface area contributed by atoms with Gasteiger partial charge in [-0.1, -0.05) is 26.8 Å². The Labute approximate surface area is 178 Å². The maximum Gasteiger partial charge on any atom is 0.261 e. The van der Waals surface area contributed by atoms with E-state index in [4.69, 9.17) is 4.43 Å². The number of halogens is 1. The zero-order chi connectivity index (χ0) is 22.1. The number of hydrogen-bond donors (Lipinski definition) is 2. The minimum absolute atomic E-state index is 0.0475. The van der Waals surface area contributed by atoms with Crippen LogP contribution >= 0.6 is 0 Å². The molecular formula is C23H29FN2O3Si. The summed E-state index contributed by atoms with van der Waals surface area (Å²) in [5, 5.41) is 5.60. The first-order chi connectivity index (χ1) is 14.0. The second-order valence-corrected chi connectivity index (χ2v) is 13.9. The highest BCUT2D eigenvalue weighted by molar-refractivity contribution is 6.74. The van der Waals surface area contributed by atoms with E-state index in [2.05, 4.69) is 44.5 Å². The second-order valence-electron chi connectivity index (χ2n) is 9.16. The van der Waals surface area contributed by atoms with Crippen LogP contribution in [0.5, 0.6) is 5.75 Å². The number of aryl methyl sites for hydroxylation is 1. The van der Waals surface area contributed by atoms with Crippen LogP contribution < -0.4 is 15.1 Å². The lowest BCUT2D eigenvalue weighted by Crippen LogP contribution is -2.44. The van der Waals surface area contributed by atoms with Crippen molar-refractivity contribution in [2.75, 3.05) is 11.9 Å². The van der Waals surface area contributed by atoms with Crippen LogP contribution in [0.2, 0.25) is 18.1 Å². The molecule has 5 nitrogen and oxygen atoms in total. The number of carbonyl (C=O) groups excluding carboxylic acids is 2. The zero-order valence-electron chi connectivity index (χ0n) is 18.2. The Hall–Kier alpha value is -2.67. The van der Waals surface area contributed by atoms with Crippen molar-refractivity contribution >= 4 is 25.8 Å². The lowest BCUT2D eigenvalue weighted by molar-refractivity contribution is 0.0880. The van der Waals surface area contributed by atoms with E-state index in [1.54, 1.807) is 24.3 Å². The molecule has 3 rings (SSSR count). The molecule has 160 valence electrons. The van der Waals surface area contributed by atoms with Crippen LogP contribution in [0, 0.1) is 5.82 Å². The number of anilines is 1. The van der Waals surface area contributed by atoms with Crippen molar-refractivity contribution in [3.63, 3.8) is 0 Å². The molecule has 7 heteroatoms. The normalized spacial score (nSPS) is 13.8. The van der Waals surface area contributed by atoms with Crippen molar-refractivity contribution in [1.29, 1.82) is 0 Å². The number of rotatable bonds is 7. The maximum absolute atomic E-state index is 13.9. The van der Waals surface area contributed by atoms with E-state index in [1.807, 2.05) is 0 Å². The molecule has 2 aromatic rings. The standard InChI is InChI=1S/C23H29FN2O3Si/c1-23(2,3)30(4,5)29-19-12-11-16(24)14-15(19)8-7-13-25-18-10-6-9-17-20(18)22(28)26-21(17)27/h6,9-12,14,25H,7-8,13H2,1-5H3,(H,26,27,28). The summed E-state index contributed by atoms with van der Waals surface area (Å²) in [5.74, 6) is -0.288. The van der Waals surface area contributed by atoms with Crippen LogP contribution in [0.3, 0.4) is 0 Å². The summed E-state index contributed by atoms with van der Waals surface area (Å²) in [6.07, 6.45) is 1.35. The van der Waals surface area contributed by atoms with Gasteiger partial charge in [0.2, 0.25) is 8.32 Å². The molecule has 2 aromatic carbocycles. The van der Waals surface area contributed by atoms with Crippen LogP contribution in [-0.2, 0) is 6.42 Å². The molecule has 0 radical (unpaired) electrons. The lowest BCUT2D eigenvalue weighted by Gasteiger charge is -2.37. The molecule has 30 heavy (non-hydrogen) atoms. The fourth-order valence-corrected chi connectivity index (χ4v) is 4.19. The predicted molar refractivity (Wildman–Crippen MR) is 119 cm³/mol. The van der Waals surface area contributed by atoms with Crippen molar-refractivity contribution in [2.45, 2.75) is 51.7 Å². The molecule has 0 atom stereocenters. The Morgan fingerprint density at radius 3 is 2.53 bits per heavy atom. The smallest absolute Gasteiger partial charge is 0.261 e. The van der Waals surface area contributed by atoms with E-state index in [0.717, 1.165) is 17.7 Å². The highest BCUT2D eigenvalue weighted by Gasteiger charge is 2.39. The topological polar surface area (TPSA) is 67.4 Å². The largest absolute Gasteiger partial charge is 0.543 e. The van der Waals surface area contributed by atoms with Crippen molar-refractivity contribution in [3.05, 3.63) is 58.9 Å². The van der Waals surface area contributed by atoms with Gasteiger partial charge < -0.3 is 9.74 Å². The number of carbonyl (C=O) groups is 2. The van der Waals surface area contributed by atoms with E-state index in [9.17, 15) is 14.0 Å². The van der Waals surface area contributed by atoms with Crippen LogP contribution in [-0.4, -0.2) is 26.7 Å². The van der Waals surface area contributed by atoms with E-state index in [-0.39, 0.29) is 22.7 Å². The quantitative estimate of drug-likeness (QED) is 0.364. The monoisotopic (exact) mass is 428 g/mol. The Morgan fingerprint density at radius 2 is 1.83 bits per heavy atom. The Kier molecular flexibility index (Phi) is 6.03. The molecule has 2 N–H and O–H groups in total. The molecule has 2 amide bonds. The van der Waals surface area contributed by atoms with E-state index in [1.165, 1.54) is 12.1 Å². The van der Waals surface area contributed by atoms with Crippen LogP contribution in [0.1, 0.15) is 53.5 Å². The number of hydrogen-bond acceptors (Lipinski definition) is 4. The van der Waals surface area contributed by atoms with Crippen LogP contribution in [0.4, 0.5) is 10.1 Å². The summed E-state index contributed by atoms with van der Waals surface area (Å²) in [6, 6.07) is 9.86. The van der Waals surface area contributed by atoms with Gasteiger partial charge in [-0.3, -0.25) is 14.9 Å². The molecule has 1 aliphatic heterocycles. The molecule has 0 fully saturated rings. The molecule has 1 aliphatic rings. The average molecular weight is 429 g/mol. The fraction of sp³-hybridized carbons (Fsp3) is 0.391. The number of nitrogens with one attached hydrogen (secondary N) is 2. The first-order valence-electron chi connectivity index (χ1n) is 10.2. The van der Waals surface area contributed by atoms with Crippen molar-refractivity contribution in [3.8, 4) is 5.75 Å². The van der Waals surface area contributed by atoms with Crippen LogP contribution in [0.25, 0.3) is 0 Å². The molecule has 1 heterocycles. The Bertz CT molecular complexity index is 983. The molecule has 0 bridgehead atoms. The number of benzene rings is 2. The van der Waals surface area contributed by atoms with Crippen molar-refractivity contribution < 1.29 is 18.4 Å². The molecular weight excluding hydrogens is 399 g/mol. The van der Waals surface area contributed by atoms with Crippen LogP contribution in [0.15, 0.2) is 36.4 Å². The highest BCUT2D eigenvalue weighted by Crippen LogP contribution is 2.38. The summed E-state index contributed by atoms with van der Waals surface area (Å²) in [4.78, 5) is 23.8. The van der Waals surface area contributed by atoms with Gasteiger partial charge in [-0.15, -0.1) is 0 Å². The predicted octanol–water partition coefficient (Wildman–Crippen LogP) is 5.14. The zero-order valence-corrected chi connectivity index (χ0v) is 19.2. The fourth-order valence-electron chi connectivity index (χ4n) is 3.14. The molecule has 0 saturated carbocycles. The number of imide groups is 1. The molecule has 0 aromatic heterocycles. The highest BCUT2D eigenvalue weighted by atomic mass is 28.4.